The van der Waals surface area contributed by atoms with Crippen LogP contribution in [0, 0.1) is 0 Å². The Labute approximate surface area is 145 Å². The SMILES string of the molecule is CCc1ccc(C(CO)NC(=O)c2c[nH]c3ccccc3c2=O)cc1. The Bertz CT molecular complexity index is 945. The summed E-state index contributed by atoms with van der Waals surface area (Å²) in [6.45, 7) is 1.81. The maximum Gasteiger partial charge on any atom is 0.257 e. The van der Waals surface area contributed by atoms with Crippen LogP contribution in [-0.2, 0) is 6.42 Å². The largest absolute Gasteiger partial charge is 0.394 e. The highest BCUT2D eigenvalue weighted by molar-refractivity contribution is 5.97. The van der Waals surface area contributed by atoms with Gasteiger partial charge in [0, 0.05) is 17.1 Å². The van der Waals surface area contributed by atoms with Crippen LogP contribution in [0.1, 0.15) is 34.5 Å². The molecule has 1 aromatic heterocycles. The summed E-state index contributed by atoms with van der Waals surface area (Å²) >= 11 is 0. The van der Waals surface area contributed by atoms with Crippen LogP contribution in [0.4, 0.5) is 0 Å². The van der Waals surface area contributed by atoms with Crippen LogP contribution in [0.2, 0.25) is 0 Å². The highest BCUT2D eigenvalue weighted by Crippen LogP contribution is 2.15. The van der Waals surface area contributed by atoms with Gasteiger partial charge in [-0.1, -0.05) is 43.3 Å². The molecule has 0 aliphatic rings. The summed E-state index contributed by atoms with van der Waals surface area (Å²) in [6.07, 6.45) is 2.33. The molecule has 3 rings (SSSR count). The molecule has 0 bridgehead atoms. The van der Waals surface area contributed by atoms with Crippen LogP contribution in [-0.4, -0.2) is 22.6 Å². The molecular weight excluding hydrogens is 316 g/mol. The number of aryl methyl sites for hydroxylation is 1. The van der Waals surface area contributed by atoms with Gasteiger partial charge in [0.2, 0.25) is 5.43 Å². The molecule has 1 heterocycles. The second kappa shape index (κ2) is 7.32. The molecular formula is C20H20N2O3. The Kier molecular flexibility index (Phi) is 4.95. The molecule has 0 aliphatic carbocycles. The molecule has 0 saturated heterocycles. The van der Waals surface area contributed by atoms with Crippen molar-refractivity contribution in [3.05, 3.63) is 81.6 Å². The van der Waals surface area contributed by atoms with E-state index in [0.717, 1.165) is 12.0 Å². The first-order chi connectivity index (χ1) is 12.1. The molecule has 1 amide bonds. The third-order valence-electron chi connectivity index (χ3n) is 4.31. The second-order valence-electron chi connectivity index (χ2n) is 5.88. The molecule has 1 atom stereocenters. The molecule has 128 valence electrons. The van der Waals surface area contributed by atoms with Gasteiger partial charge in [0.1, 0.15) is 5.56 Å². The molecule has 0 aliphatic heterocycles. The van der Waals surface area contributed by atoms with E-state index in [0.29, 0.717) is 10.9 Å². The van der Waals surface area contributed by atoms with E-state index in [1.54, 1.807) is 18.2 Å². The summed E-state index contributed by atoms with van der Waals surface area (Å²) in [7, 11) is 0. The average molecular weight is 336 g/mol. The van der Waals surface area contributed by atoms with Crippen LogP contribution < -0.4 is 10.7 Å². The van der Waals surface area contributed by atoms with E-state index in [-0.39, 0.29) is 17.6 Å². The quantitative estimate of drug-likeness (QED) is 0.670. The van der Waals surface area contributed by atoms with Crippen LogP contribution >= 0.6 is 0 Å². The van der Waals surface area contributed by atoms with Gasteiger partial charge in [-0.25, -0.2) is 0 Å². The van der Waals surface area contributed by atoms with Gasteiger partial charge >= 0.3 is 0 Å². The maximum absolute atomic E-state index is 12.5. The zero-order valence-corrected chi connectivity index (χ0v) is 14.0. The molecule has 25 heavy (non-hydrogen) atoms. The normalized spacial score (nSPS) is 12.1. The summed E-state index contributed by atoms with van der Waals surface area (Å²) in [5.41, 5.74) is 2.35. The Hall–Kier alpha value is -2.92. The summed E-state index contributed by atoms with van der Waals surface area (Å²) in [6, 6.07) is 14.2. The van der Waals surface area contributed by atoms with Gasteiger partial charge in [-0.15, -0.1) is 0 Å². The fourth-order valence-corrected chi connectivity index (χ4v) is 2.79. The number of carbonyl (C=O) groups excluding carboxylic acids is 1. The molecule has 0 fully saturated rings. The number of aliphatic hydroxyl groups is 1. The van der Waals surface area contributed by atoms with Crippen molar-refractivity contribution in [1.29, 1.82) is 0 Å². The number of nitrogens with one attached hydrogen (secondary N) is 2. The minimum Gasteiger partial charge on any atom is -0.394 e. The summed E-state index contributed by atoms with van der Waals surface area (Å²) in [4.78, 5) is 28.0. The lowest BCUT2D eigenvalue weighted by atomic mass is 10.0. The zero-order chi connectivity index (χ0) is 17.8. The standard InChI is InChI=1S/C20H20N2O3/c1-2-13-7-9-14(10-8-13)18(12-23)22-20(25)16-11-21-17-6-4-3-5-15(17)19(16)24/h3-11,18,23H,2,12H2,1H3,(H,21,24)(H,22,25). The zero-order valence-electron chi connectivity index (χ0n) is 14.0. The van der Waals surface area contributed by atoms with E-state index in [4.69, 9.17) is 0 Å². The summed E-state index contributed by atoms with van der Waals surface area (Å²) in [5, 5.41) is 12.8. The van der Waals surface area contributed by atoms with Gasteiger partial charge in [0.25, 0.3) is 5.91 Å². The number of hydrogen-bond acceptors (Lipinski definition) is 3. The van der Waals surface area contributed by atoms with Crippen molar-refractivity contribution >= 4 is 16.8 Å². The highest BCUT2D eigenvalue weighted by atomic mass is 16.3. The monoisotopic (exact) mass is 336 g/mol. The molecule has 2 aromatic carbocycles. The lowest BCUT2D eigenvalue weighted by molar-refractivity contribution is 0.0915. The van der Waals surface area contributed by atoms with Crippen LogP contribution in [0.5, 0.6) is 0 Å². The molecule has 1 unspecified atom stereocenters. The lowest BCUT2D eigenvalue weighted by Crippen LogP contribution is -2.34. The van der Waals surface area contributed by atoms with Crippen molar-refractivity contribution in [3.63, 3.8) is 0 Å². The average Bonchev–Trinajstić information content (AvgIpc) is 2.66. The van der Waals surface area contributed by atoms with Gasteiger partial charge < -0.3 is 15.4 Å². The summed E-state index contributed by atoms with van der Waals surface area (Å²) < 4.78 is 0. The number of rotatable bonds is 5. The third-order valence-corrected chi connectivity index (χ3v) is 4.31. The van der Waals surface area contributed by atoms with Crippen molar-refractivity contribution in [1.82, 2.24) is 10.3 Å². The highest BCUT2D eigenvalue weighted by Gasteiger charge is 2.18. The number of aromatic nitrogens is 1. The molecule has 0 radical (unpaired) electrons. The van der Waals surface area contributed by atoms with Crippen molar-refractivity contribution in [2.45, 2.75) is 19.4 Å². The van der Waals surface area contributed by atoms with Crippen LogP contribution in [0.3, 0.4) is 0 Å². The number of pyridine rings is 1. The Morgan fingerprint density at radius 1 is 1.16 bits per heavy atom. The first kappa shape index (κ1) is 16.9. The number of hydrogen-bond donors (Lipinski definition) is 3. The molecule has 0 spiro atoms. The van der Waals surface area contributed by atoms with E-state index >= 15 is 0 Å². The number of H-pyrrole nitrogens is 1. The smallest absolute Gasteiger partial charge is 0.257 e. The van der Waals surface area contributed by atoms with Crippen molar-refractivity contribution < 1.29 is 9.90 Å². The maximum atomic E-state index is 12.5. The lowest BCUT2D eigenvalue weighted by Gasteiger charge is -2.17. The summed E-state index contributed by atoms with van der Waals surface area (Å²) in [5.74, 6) is -0.509. The van der Waals surface area contributed by atoms with E-state index in [1.165, 1.54) is 11.8 Å². The first-order valence-corrected chi connectivity index (χ1v) is 8.25. The number of carbonyl (C=O) groups is 1. The third kappa shape index (κ3) is 3.46. The van der Waals surface area contributed by atoms with Crippen molar-refractivity contribution in [2.75, 3.05) is 6.61 Å². The fraction of sp³-hybridized carbons (Fsp3) is 0.200. The van der Waals surface area contributed by atoms with Gasteiger partial charge in [-0.05, 0) is 29.7 Å². The van der Waals surface area contributed by atoms with E-state index in [1.807, 2.05) is 30.3 Å². The van der Waals surface area contributed by atoms with E-state index in [2.05, 4.69) is 17.2 Å². The van der Waals surface area contributed by atoms with Gasteiger partial charge in [-0.2, -0.15) is 0 Å². The Balaban J connectivity index is 1.87. The number of aromatic amines is 1. The topological polar surface area (TPSA) is 82.2 Å². The molecule has 5 heteroatoms. The van der Waals surface area contributed by atoms with Crippen molar-refractivity contribution in [2.24, 2.45) is 0 Å². The van der Waals surface area contributed by atoms with E-state index in [9.17, 15) is 14.7 Å². The predicted molar refractivity (Wildman–Crippen MR) is 97.7 cm³/mol. The molecule has 3 N–H and O–H groups in total. The molecule has 5 nitrogen and oxygen atoms in total. The Morgan fingerprint density at radius 3 is 2.56 bits per heavy atom. The minimum absolute atomic E-state index is 0.0299. The fourth-order valence-electron chi connectivity index (χ4n) is 2.79. The van der Waals surface area contributed by atoms with E-state index < -0.39 is 11.9 Å². The minimum atomic E-state index is -0.565. The number of aliphatic hydroxyl groups excluding tert-OH is 1. The molecule has 0 saturated carbocycles. The number of fused-ring (bicyclic) bond motifs is 1. The number of para-hydroxylation sites is 1. The second-order valence-corrected chi connectivity index (χ2v) is 5.88. The first-order valence-electron chi connectivity index (χ1n) is 8.25. The van der Waals surface area contributed by atoms with Gasteiger partial charge in [-0.3, -0.25) is 9.59 Å². The van der Waals surface area contributed by atoms with Gasteiger partial charge in [0.05, 0.1) is 12.6 Å². The van der Waals surface area contributed by atoms with Gasteiger partial charge in [0.15, 0.2) is 0 Å². The Morgan fingerprint density at radius 2 is 1.88 bits per heavy atom. The van der Waals surface area contributed by atoms with Crippen molar-refractivity contribution in [3.8, 4) is 0 Å². The number of amides is 1. The molecule has 3 aromatic rings. The predicted octanol–water partition coefficient (Wildman–Crippen LogP) is 2.55. The number of benzene rings is 2. The van der Waals surface area contributed by atoms with Crippen LogP contribution in [0.15, 0.2) is 59.5 Å². The van der Waals surface area contributed by atoms with Crippen LogP contribution in [0.25, 0.3) is 10.9 Å².